The lowest BCUT2D eigenvalue weighted by Gasteiger charge is -2.39. The predicted octanol–water partition coefficient (Wildman–Crippen LogP) is 3.24. The molecule has 1 saturated heterocycles. The van der Waals surface area contributed by atoms with Gasteiger partial charge in [0.05, 0.1) is 12.2 Å². The molecule has 0 spiro atoms. The Balaban J connectivity index is 2.16. The van der Waals surface area contributed by atoms with Crippen LogP contribution in [0.4, 0.5) is 0 Å². The summed E-state index contributed by atoms with van der Waals surface area (Å²) in [6.45, 7) is 10.2. The Morgan fingerprint density at radius 1 is 1.33 bits per heavy atom. The monoisotopic (exact) mass is 170 g/mol. The van der Waals surface area contributed by atoms with Crippen molar-refractivity contribution in [3.63, 3.8) is 0 Å². The van der Waals surface area contributed by atoms with Crippen LogP contribution in [0.5, 0.6) is 0 Å². The Morgan fingerprint density at radius 3 is 2.25 bits per heavy atom. The number of ether oxygens (including phenoxy) is 1. The van der Waals surface area contributed by atoms with Gasteiger partial charge >= 0.3 is 0 Å². The maximum absolute atomic E-state index is 5.55. The third kappa shape index (κ3) is 2.48. The third-order valence-electron chi connectivity index (χ3n) is 3.35. The SMILES string of the molecule is CC(C)C(C)CCC1(C)CCO1. The summed E-state index contributed by atoms with van der Waals surface area (Å²) in [5, 5.41) is 0. The van der Waals surface area contributed by atoms with Crippen molar-refractivity contribution in [1.82, 2.24) is 0 Å². The highest BCUT2D eigenvalue weighted by Crippen LogP contribution is 2.32. The zero-order valence-electron chi connectivity index (χ0n) is 8.89. The molecule has 1 heterocycles. The summed E-state index contributed by atoms with van der Waals surface area (Å²) in [7, 11) is 0. The highest BCUT2D eigenvalue weighted by molar-refractivity contribution is 4.82. The number of hydrogen-bond acceptors (Lipinski definition) is 1. The summed E-state index contributed by atoms with van der Waals surface area (Å²) < 4.78 is 5.55. The van der Waals surface area contributed by atoms with Crippen molar-refractivity contribution in [2.75, 3.05) is 6.61 Å². The first-order chi connectivity index (χ1) is 5.53. The standard InChI is InChI=1S/C11H22O/c1-9(2)10(3)5-6-11(4)7-8-12-11/h9-10H,5-8H2,1-4H3. The topological polar surface area (TPSA) is 9.23 Å². The van der Waals surface area contributed by atoms with Gasteiger partial charge in [0.25, 0.3) is 0 Å². The first kappa shape index (κ1) is 10.0. The van der Waals surface area contributed by atoms with E-state index in [1.54, 1.807) is 0 Å². The quantitative estimate of drug-likeness (QED) is 0.629. The van der Waals surface area contributed by atoms with Crippen LogP contribution in [-0.4, -0.2) is 12.2 Å². The van der Waals surface area contributed by atoms with Gasteiger partial charge in [-0.05, 0) is 38.0 Å². The molecule has 0 aromatic carbocycles. The maximum atomic E-state index is 5.55. The van der Waals surface area contributed by atoms with Crippen LogP contribution < -0.4 is 0 Å². The van der Waals surface area contributed by atoms with Crippen LogP contribution in [0, 0.1) is 11.8 Å². The highest BCUT2D eigenvalue weighted by Gasteiger charge is 2.32. The van der Waals surface area contributed by atoms with Crippen LogP contribution in [-0.2, 0) is 4.74 Å². The first-order valence-corrected chi connectivity index (χ1v) is 5.17. The zero-order valence-corrected chi connectivity index (χ0v) is 8.89. The summed E-state index contributed by atoms with van der Waals surface area (Å²) in [6.07, 6.45) is 3.82. The Kier molecular flexibility index (Phi) is 3.16. The van der Waals surface area contributed by atoms with Crippen LogP contribution in [0.2, 0.25) is 0 Å². The smallest absolute Gasteiger partial charge is 0.0676 e. The summed E-state index contributed by atoms with van der Waals surface area (Å²) in [4.78, 5) is 0. The molecule has 1 aliphatic heterocycles. The molecule has 0 radical (unpaired) electrons. The normalized spacial score (nSPS) is 31.8. The van der Waals surface area contributed by atoms with E-state index in [2.05, 4.69) is 27.7 Å². The van der Waals surface area contributed by atoms with E-state index in [-0.39, 0.29) is 5.60 Å². The second-order valence-corrected chi connectivity index (χ2v) is 4.81. The van der Waals surface area contributed by atoms with Crippen LogP contribution in [0.15, 0.2) is 0 Å². The maximum Gasteiger partial charge on any atom is 0.0676 e. The molecule has 0 aromatic heterocycles. The summed E-state index contributed by atoms with van der Waals surface area (Å²) in [5.74, 6) is 1.65. The van der Waals surface area contributed by atoms with E-state index in [4.69, 9.17) is 4.74 Å². The van der Waals surface area contributed by atoms with Crippen molar-refractivity contribution in [1.29, 1.82) is 0 Å². The molecule has 1 fully saturated rings. The van der Waals surface area contributed by atoms with Crippen LogP contribution in [0.1, 0.15) is 47.0 Å². The lowest BCUT2D eigenvalue weighted by atomic mass is 9.85. The molecule has 2 unspecified atom stereocenters. The van der Waals surface area contributed by atoms with Gasteiger partial charge < -0.3 is 4.74 Å². The van der Waals surface area contributed by atoms with Gasteiger partial charge in [0.15, 0.2) is 0 Å². The van der Waals surface area contributed by atoms with Gasteiger partial charge in [-0.25, -0.2) is 0 Å². The largest absolute Gasteiger partial charge is 0.375 e. The zero-order chi connectivity index (χ0) is 9.19. The van der Waals surface area contributed by atoms with Crippen molar-refractivity contribution in [2.45, 2.75) is 52.6 Å². The van der Waals surface area contributed by atoms with E-state index in [1.165, 1.54) is 19.3 Å². The van der Waals surface area contributed by atoms with Crippen molar-refractivity contribution in [3.8, 4) is 0 Å². The molecule has 1 heteroatoms. The molecule has 12 heavy (non-hydrogen) atoms. The van der Waals surface area contributed by atoms with Crippen molar-refractivity contribution in [2.24, 2.45) is 11.8 Å². The number of hydrogen-bond donors (Lipinski definition) is 0. The summed E-state index contributed by atoms with van der Waals surface area (Å²) >= 11 is 0. The minimum atomic E-state index is 0.239. The van der Waals surface area contributed by atoms with Gasteiger partial charge in [-0.1, -0.05) is 20.8 Å². The first-order valence-electron chi connectivity index (χ1n) is 5.17. The Morgan fingerprint density at radius 2 is 1.92 bits per heavy atom. The van der Waals surface area contributed by atoms with E-state index < -0.39 is 0 Å². The second-order valence-electron chi connectivity index (χ2n) is 4.81. The molecular weight excluding hydrogens is 148 g/mol. The van der Waals surface area contributed by atoms with Gasteiger partial charge in [0.2, 0.25) is 0 Å². The van der Waals surface area contributed by atoms with E-state index in [9.17, 15) is 0 Å². The van der Waals surface area contributed by atoms with E-state index in [0.29, 0.717) is 0 Å². The van der Waals surface area contributed by atoms with Gasteiger partial charge in [-0.2, -0.15) is 0 Å². The predicted molar refractivity (Wildman–Crippen MR) is 52.2 cm³/mol. The fraction of sp³-hybridized carbons (Fsp3) is 1.00. The van der Waals surface area contributed by atoms with Crippen molar-refractivity contribution >= 4 is 0 Å². The van der Waals surface area contributed by atoms with E-state index in [1.807, 2.05) is 0 Å². The highest BCUT2D eigenvalue weighted by atomic mass is 16.5. The van der Waals surface area contributed by atoms with Crippen LogP contribution in [0.25, 0.3) is 0 Å². The van der Waals surface area contributed by atoms with Crippen LogP contribution >= 0.6 is 0 Å². The molecule has 0 aliphatic carbocycles. The Hall–Kier alpha value is -0.0400. The molecule has 0 aromatic rings. The van der Waals surface area contributed by atoms with Crippen molar-refractivity contribution < 1.29 is 4.74 Å². The Labute approximate surface area is 76.5 Å². The molecule has 0 amide bonds. The third-order valence-corrected chi connectivity index (χ3v) is 3.35. The fourth-order valence-corrected chi connectivity index (χ4v) is 1.51. The molecular formula is C11H22O. The molecule has 2 atom stereocenters. The number of rotatable bonds is 4. The molecule has 72 valence electrons. The van der Waals surface area contributed by atoms with Gasteiger partial charge in [0, 0.05) is 0 Å². The lowest BCUT2D eigenvalue weighted by molar-refractivity contribution is -0.140. The second kappa shape index (κ2) is 3.78. The lowest BCUT2D eigenvalue weighted by Crippen LogP contribution is -2.40. The molecule has 0 N–H and O–H groups in total. The van der Waals surface area contributed by atoms with E-state index in [0.717, 1.165) is 18.4 Å². The van der Waals surface area contributed by atoms with Crippen molar-refractivity contribution in [3.05, 3.63) is 0 Å². The summed E-state index contributed by atoms with van der Waals surface area (Å²) in [5.41, 5.74) is 0.239. The van der Waals surface area contributed by atoms with Gasteiger partial charge in [-0.3, -0.25) is 0 Å². The molecule has 0 bridgehead atoms. The summed E-state index contributed by atoms with van der Waals surface area (Å²) in [6, 6.07) is 0. The molecule has 1 nitrogen and oxygen atoms in total. The van der Waals surface area contributed by atoms with E-state index >= 15 is 0 Å². The van der Waals surface area contributed by atoms with Gasteiger partial charge in [-0.15, -0.1) is 0 Å². The molecule has 1 rings (SSSR count). The molecule has 1 aliphatic rings. The Bertz CT molecular complexity index is 136. The minimum Gasteiger partial charge on any atom is -0.375 e. The van der Waals surface area contributed by atoms with Gasteiger partial charge in [0.1, 0.15) is 0 Å². The average Bonchev–Trinajstić information content (AvgIpc) is 1.96. The average molecular weight is 170 g/mol. The van der Waals surface area contributed by atoms with Crippen LogP contribution in [0.3, 0.4) is 0 Å². The minimum absolute atomic E-state index is 0.239. The molecule has 0 saturated carbocycles. The fourth-order valence-electron chi connectivity index (χ4n) is 1.51.